The summed E-state index contributed by atoms with van der Waals surface area (Å²) in [5.41, 5.74) is 0. The van der Waals surface area contributed by atoms with Crippen molar-refractivity contribution in [3.8, 4) is 0 Å². The zero-order chi connectivity index (χ0) is 46.1. The molecular formula is C66H110N2. The lowest BCUT2D eigenvalue weighted by molar-refractivity contribution is -0.174. The molecule has 0 spiro atoms. The summed E-state index contributed by atoms with van der Waals surface area (Å²) in [5.74, 6) is 15.2. The average Bonchev–Trinajstić information content (AvgIpc) is 3.37. The number of fused-ring (bicyclic) bond motifs is 4. The fourth-order valence-electron chi connectivity index (χ4n) is 20.4. The van der Waals surface area contributed by atoms with Crippen LogP contribution in [0.3, 0.4) is 0 Å². The van der Waals surface area contributed by atoms with Crippen molar-refractivity contribution in [1.82, 2.24) is 9.80 Å². The molecule has 11 aliphatic carbocycles. The minimum absolute atomic E-state index is 0.846. The molecule has 0 amide bonds. The van der Waals surface area contributed by atoms with Crippen LogP contribution in [0.25, 0.3) is 0 Å². The highest BCUT2D eigenvalue weighted by atomic mass is 15.3. The van der Waals surface area contributed by atoms with Crippen molar-refractivity contribution in [2.45, 2.75) is 295 Å². The summed E-state index contributed by atoms with van der Waals surface area (Å²) in [5, 5.41) is 0. The molecule has 11 saturated carbocycles. The molecule has 0 heterocycles. The Bertz CT molecular complexity index is 1420. The van der Waals surface area contributed by atoms with Crippen LogP contribution in [0.1, 0.15) is 259 Å². The van der Waals surface area contributed by atoms with Crippen LogP contribution < -0.4 is 0 Å². The number of rotatable bonds is 10. The molecule has 0 aromatic rings. The Kier molecular flexibility index (Phi) is 16.7. The van der Waals surface area contributed by atoms with E-state index in [1.165, 1.54) is 180 Å². The molecule has 8 atom stereocenters. The van der Waals surface area contributed by atoms with Crippen LogP contribution in [-0.2, 0) is 0 Å². The smallest absolute Gasteiger partial charge is 0.0164 e. The topological polar surface area (TPSA) is 6.48 Å². The maximum atomic E-state index is 3.59. The van der Waals surface area contributed by atoms with Gasteiger partial charge >= 0.3 is 0 Å². The molecule has 68 heavy (non-hydrogen) atoms. The first-order chi connectivity index (χ1) is 33.3. The zero-order valence-corrected chi connectivity index (χ0v) is 45.4. The zero-order valence-electron chi connectivity index (χ0n) is 45.4. The van der Waals surface area contributed by atoms with Crippen LogP contribution in [0, 0.1) is 94.7 Å². The molecule has 0 aromatic heterocycles. The van der Waals surface area contributed by atoms with Crippen molar-refractivity contribution < 1.29 is 0 Å². The van der Waals surface area contributed by atoms with Crippen LogP contribution in [0.5, 0.6) is 0 Å². The molecule has 0 saturated heterocycles. The second-order valence-corrected chi connectivity index (χ2v) is 28.9. The third kappa shape index (κ3) is 11.2. The van der Waals surface area contributed by atoms with Gasteiger partial charge < -0.3 is 0 Å². The Labute approximate surface area is 422 Å². The van der Waals surface area contributed by atoms with Gasteiger partial charge in [0.1, 0.15) is 0 Å². The van der Waals surface area contributed by atoms with Crippen LogP contribution in [0.2, 0.25) is 0 Å². The molecule has 384 valence electrons. The first kappa shape index (κ1) is 49.6. The number of hydrogen-bond acceptors (Lipinski definition) is 2. The molecule has 8 unspecified atom stereocenters. The molecule has 0 aromatic carbocycles. The summed E-state index contributed by atoms with van der Waals surface area (Å²) in [4.78, 5) is 7.17. The van der Waals surface area contributed by atoms with E-state index in [2.05, 4.69) is 61.8 Å². The number of nitrogens with zero attached hydrogens (tertiary/aromatic N) is 2. The summed E-state index contributed by atoms with van der Waals surface area (Å²) in [6.07, 6.45) is 65.6. The van der Waals surface area contributed by atoms with E-state index in [1.807, 2.05) is 0 Å². The van der Waals surface area contributed by atoms with Crippen molar-refractivity contribution in [3.63, 3.8) is 0 Å². The van der Waals surface area contributed by atoms with Gasteiger partial charge in [0, 0.05) is 36.3 Å². The van der Waals surface area contributed by atoms with Crippen LogP contribution >= 0.6 is 0 Å². The van der Waals surface area contributed by atoms with Gasteiger partial charge in [0.05, 0.1) is 0 Å². The van der Waals surface area contributed by atoms with Crippen LogP contribution in [-0.4, -0.2) is 46.1 Å². The largest absolute Gasteiger partial charge is 0.294 e. The Morgan fingerprint density at radius 2 is 0.456 bits per heavy atom. The minimum atomic E-state index is 0.846. The predicted molar refractivity (Wildman–Crippen MR) is 289 cm³/mol. The normalized spacial score (nSPS) is 49.6. The molecule has 2 nitrogen and oxygen atoms in total. The fourth-order valence-corrected chi connectivity index (χ4v) is 20.4. The molecule has 2 heteroatoms. The summed E-state index contributed by atoms with van der Waals surface area (Å²) in [6.45, 7) is 10.2. The fraction of sp³-hybridized carbons (Fsp3) is 0.939. The number of hydrogen-bond donors (Lipinski definition) is 0. The molecular weight excluding hydrogens is 821 g/mol. The molecule has 0 bridgehead atoms. The Morgan fingerprint density at radius 1 is 0.250 bits per heavy atom. The highest BCUT2D eigenvalue weighted by Crippen LogP contribution is 2.62. The molecule has 0 N–H and O–H groups in total. The van der Waals surface area contributed by atoms with Crippen LogP contribution in [0.4, 0.5) is 0 Å². The minimum Gasteiger partial charge on any atom is -0.294 e. The summed E-state index contributed by atoms with van der Waals surface area (Å²) < 4.78 is 0. The second kappa shape index (κ2) is 22.9. The van der Waals surface area contributed by atoms with E-state index >= 15 is 0 Å². The monoisotopic (exact) mass is 931 g/mol. The average molecular weight is 932 g/mol. The third-order valence-electron chi connectivity index (χ3n) is 24.5. The molecule has 0 radical (unpaired) electrons. The van der Waals surface area contributed by atoms with Crippen molar-refractivity contribution in [1.29, 1.82) is 0 Å². The lowest BCUT2D eigenvalue weighted by Gasteiger charge is -2.67. The lowest BCUT2D eigenvalue weighted by Crippen LogP contribution is -2.70. The van der Waals surface area contributed by atoms with Gasteiger partial charge in [0.2, 0.25) is 0 Å². The quantitative estimate of drug-likeness (QED) is 0.201. The molecule has 0 aliphatic heterocycles. The standard InChI is InChI=1S/C66H110N2/c1-45-13-21-49(22-14-45)25-27-51-29-37-59(38-30-51)67(57-33-17-47(3)18-34-57)65-61-41-53-9-5-7-11-55(53)43-63(61)66(64-44-56-12-8-6-10-54(56)42-62(64)65)68(58-35-19-48(4)20-36-58)60-39-31-52(32-40-60)28-26-50-23-15-46(2)16-24-50/h25-28,45-66H,5-24,29-44H2,1-4H3/b27-25+,28-26+. The van der Waals surface area contributed by atoms with E-state index in [4.69, 9.17) is 0 Å². The molecule has 11 fully saturated rings. The van der Waals surface area contributed by atoms with Gasteiger partial charge in [-0.15, -0.1) is 0 Å². The van der Waals surface area contributed by atoms with E-state index in [0.29, 0.717) is 0 Å². The SMILES string of the molecule is CC1CCC(/C=C/C2CCC(N(C3CCC(C)CC3)C3C4CC5CCCCC5CC4C(N(C4CCC(C)CC4)C4CCC(/C=C/C5CCC(C)CC5)CC4)C4CC5CCCCC5CC43)CC2)CC1. The van der Waals surface area contributed by atoms with Crippen molar-refractivity contribution in [2.75, 3.05) is 0 Å². The lowest BCUT2D eigenvalue weighted by atomic mass is 9.47. The number of allylic oxidation sites excluding steroid dienone is 4. The highest BCUT2D eigenvalue weighted by molar-refractivity contribution is 5.14. The van der Waals surface area contributed by atoms with Crippen molar-refractivity contribution in [3.05, 3.63) is 24.3 Å². The Hall–Kier alpha value is -0.600. The van der Waals surface area contributed by atoms with Gasteiger partial charge in [-0.3, -0.25) is 9.80 Å². The highest BCUT2D eigenvalue weighted by Gasteiger charge is 2.61. The van der Waals surface area contributed by atoms with E-state index in [-0.39, 0.29) is 0 Å². The predicted octanol–water partition coefficient (Wildman–Crippen LogP) is 18.0. The summed E-state index contributed by atoms with van der Waals surface area (Å²) >= 11 is 0. The second-order valence-electron chi connectivity index (χ2n) is 28.9. The van der Waals surface area contributed by atoms with Gasteiger partial charge in [-0.25, -0.2) is 0 Å². The van der Waals surface area contributed by atoms with E-state index in [1.54, 1.807) is 51.4 Å². The first-order valence-corrected chi connectivity index (χ1v) is 32.2. The van der Waals surface area contributed by atoms with Crippen molar-refractivity contribution in [2.24, 2.45) is 94.7 Å². The van der Waals surface area contributed by atoms with Gasteiger partial charge in [0.15, 0.2) is 0 Å². The van der Waals surface area contributed by atoms with E-state index < -0.39 is 0 Å². The third-order valence-corrected chi connectivity index (χ3v) is 24.5. The first-order valence-electron chi connectivity index (χ1n) is 32.2. The maximum absolute atomic E-state index is 3.59. The summed E-state index contributed by atoms with van der Waals surface area (Å²) in [7, 11) is 0. The van der Waals surface area contributed by atoms with E-state index in [0.717, 1.165) is 131 Å². The Balaban J connectivity index is 0.925. The van der Waals surface area contributed by atoms with E-state index in [9.17, 15) is 0 Å². The summed E-state index contributed by atoms with van der Waals surface area (Å²) in [6, 6.07) is 5.17. The van der Waals surface area contributed by atoms with Gasteiger partial charge in [-0.05, 0) is 249 Å². The Morgan fingerprint density at radius 3 is 0.706 bits per heavy atom. The van der Waals surface area contributed by atoms with Crippen molar-refractivity contribution >= 4 is 0 Å². The van der Waals surface area contributed by atoms with Gasteiger partial charge in [0.25, 0.3) is 0 Å². The molecule has 11 aliphatic rings. The maximum Gasteiger partial charge on any atom is 0.0164 e. The van der Waals surface area contributed by atoms with Crippen LogP contribution in [0.15, 0.2) is 24.3 Å². The van der Waals surface area contributed by atoms with Gasteiger partial charge in [-0.2, -0.15) is 0 Å². The van der Waals surface area contributed by atoms with Gasteiger partial charge in [-0.1, -0.05) is 129 Å². The molecule has 11 rings (SSSR count).